The van der Waals surface area contributed by atoms with Gasteiger partial charge in [0.2, 0.25) is 0 Å². The number of nitrogens with zero attached hydrogens (tertiary/aromatic N) is 2. The number of rotatable bonds is 4. The summed E-state index contributed by atoms with van der Waals surface area (Å²) in [6.45, 7) is 0. The molecule has 1 fully saturated rings. The Balaban J connectivity index is 1.72. The zero-order valence-corrected chi connectivity index (χ0v) is 19.2. The SMILES string of the molecule is COc1ccc(/C(O)=C2\C(=O)C(=O)N(c3nc4ccc(F)cc4s3)[C@H]2c2cccc(Cl)c2)cc1. The van der Waals surface area contributed by atoms with Gasteiger partial charge in [-0.25, -0.2) is 9.37 Å². The number of aromatic nitrogens is 1. The van der Waals surface area contributed by atoms with Gasteiger partial charge < -0.3 is 9.84 Å². The Hall–Kier alpha value is -3.75. The van der Waals surface area contributed by atoms with E-state index < -0.39 is 23.5 Å². The van der Waals surface area contributed by atoms with Gasteiger partial charge in [-0.15, -0.1) is 0 Å². The first-order valence-electron chi connectivity index (χ1n) is 10.1. The molecule has 0 bridgehead atoms. The molecule has 170 valence electrons. The normalized spacial score (nSPS) is 17.5. The second-order valence-corrected chi connectivity index (χ2v) is 9.01. The maximum atomic E-state index is 13.7. The molecule has 6 nitrogen and oxygen atoms in total. The maximum absolute atomic E-state index is 13.7. The number of Topliss-reactive ketones (excluding diaryl/α,β-unsaturated/α-hetero) is 1. The van der Waals surface area contributed by atoms with E-state index in [0.717, 1.165) is 11.3 Å². The summed E-state index contributed by atoms with van der Waals surface area (Å²) in [6, 6.07) is 16.3. The van der Waals surface area contributed by atoms with Crippen molar-refractivity contribution >= 4 is 55.7 Å². The lowest BCUT2D eigenvalue weighted by Gasteiger charge is -2.23. The highest BCUT2D eigenvalue weighted by Gasteiger charge is 2.48. The average molecular weight is 495 g/mol. The molecular weight excluding hydrogens is 479 g/mol. The Labute approximate surface area is 202 Å². The molecule has 0 spiro atoms. The van der Waals surface area contributed by atoms with Gasteiger partial charge in [0, 0.05) is 10.6 Å². The Kier molecular flexibility index (Phi) is 5.55. The number of hydrogen-bond donors (Lipinski definition) is 1. The molecule has 1 saturated heterocycles. The third-order valence-corrected chi connectivity index (χ3v) is 6.77. The van der Waals surface area contributed by atoms with Crippen LogP contribution in [-0.2, 0) is 9.59 Å². The van der Waals surface area contributed by atoms with Crippen LogP contribution in [0.3, 0.4) is 0 Å². The third kappa shape index (κ3) is 3.70. The molecule has 1 amide bonds. The van der Waals surface area contributed by atoms with Crippen molar-refractivity contribution < 1.29 is 23.8 Å². The number of anilines is 1. The average Bonchev–Trinajstić information content (AvgIpc) is 3.36. The fourth-order valence-corrected chi connectivity index (χ4v) is 5.13. The van der Waals surface area contributed by atoms with Crippen LogP contribution in [0.25, 0.3) is 16.0 Å². The molecule has 1 atom stereocenters. The second-order valence-electron chi connectivity index (χ2n) is 7.56. The molecule has 0 aliphatic carbocycles. The molecule has 5 rings (SSSR count). The summed E-state index contributed by atoms with van der Waals surface area (Å²) >= 11 is 7.29. The molecule has 0 saturated carbocycles. The number of aliphatic hydroxyl groups is 1. The van der Waals surface area contributed by atoms with Gasteiger partial charge in [-0.2, -0.15) is 0 Å². The van der Waals surface area contributed by atoms with Crippen molar-refractivity contribution in [1.29, 1.82) is 0 Å². The molecule has 34 heavy (non-hydrogen) atoms. The van der Waals surface area contributed by atoms with Crippen LogP contribution >= 0.6 is 22.9 Å². The Morgan fingerprint density at radius 3 is 2.59 bits per heavy atom. The number of ketones is 1. The van der Waals surface area contributed by atoms with Gasteiger partial charge in [-0.1, -0.05) is 35.1 Å². The number of carbonyl (C=O) groups is 2. The first-order valence-corrected chi connectivity index (χ1v) is 11.3. The van der Waals surface area contributed by atoms with Gasteiger partial charge in [0.25, 0.3) is 5.78 Å². The Morgan fingerprint density at radius 2 is 1.88 bits per heavy atom. The largest absolute Gasteiger partial charge is 0.507 e. The molecule has 3 aromatic carbocycles. The molecule has 1 aromatic heterocycles. The highest BCUT2D eigenvalue weighted by atomic mass is 35.5. The van der Waals surface area contributed by atoms with E-state index in [1.54, 1.807) is 48.5 Å². The van der Waals surface area contributed by atoms with Gasteiger partial charge in [0.05, 0.1) is 28.9 Å². The Morgan fingerprint density at radius 1 is 1.12 bits per heavy atom. The number of thiazole rings is 1. The van der Waals surface area contributed by atoms with Crippen molar-refractivity contribution in [3.05, 3.63) is 94.3 Å². The topological polar surface area (TPSA) is 79.7 Å². The number of benzene rings is 3. The van der Waals surface area contributed by atoms with Gasteiger partial charge in [0.15, 0.2) is 5.13 Å². The van der Waals surface area contributed by atoms with E-state index in [-0.39, 0.29) is 16.5 Å². The summed E-state index contributed by atoms with van der Waals surface area (Å²) in [6.07, 6.45) is 0. The summed E-state index contributed by atoms with van der Waals surface area (Å²) in [5, 5.41) is 11.8. The van der Waals surface area contributed by atoms with Crippen LogP contribution in [0.5, 0.6) is 5.75 Å². The fraction of sp³-hybridized carbons (Fsp3) is 0.0800. The smallest absolute Gasteiger partial charge is 0.301 e. The van der Waals surface area contributed by atoms with Crippen molar-refractivity contribution in [2.24, 2.45) is 0 Å². The third-order valence-electron chi connectivity index (χ3n) is 5.52. The zero-order chi connectivity index (χ0) is 24.0. The number of fused-ring (bicyclic) bond motifs is 1. The van der Waals surface area contributed by atoms with Crippen molar-refractivity contribution in [2.45, 2.75) is 6.04 Å². The van der Waals surface area contributed by atoms with E-state index in [1.165, 1.54) is 30.2 Å². The lowest BCUT2D eigenvalue weighted by molar-refractivity contribution is -0.132. The molecular formula is C25H16ClFN2O4S. The molecule has 2 heterocycles. The minimum Gasteiger partial charge on any atom is -0.507 e. The number of ether oxygens (including phenoxy) is 1. The van der Waals surface area contributed by atoms with E-state index in [1.807, 2.05) is 0 Å². The molecule has 1 N–H and O–H groups in total. The van der Waals surface area contributed by atoms with E-state index in [9.17, 15) is 19.1 Å². The van der Waals surface area contributed by atoms with Crippen molar-refractivity contribution in [1.82, 2.24) is 4.98 Å². The van der Waals surface area contributed by atoms with Gasteiger partial charge in [-0.3, -0.25) is 14.5 Å². The fourth-order valence-electron chi connectivity index (χ4n) is 3.92. The minimum absolute atomic E-state index is 0.0946. The number of carbonyl (C=O) groups excluding carboxylic acids is 2. The van der Waals surface area contributed by atoms with Crippen LogP contribution in [0.2, 0.25) is 5.02 Å². The minimum atomic E-state index is -0.980. The van der Waals surface area contributed by atoms with Crippen molar-refractivity contribution in [3.63, 3.8) is 0 Å². The Bertz CT molecular complexity index is 1480. The number of aliphatic hydroxyl groups excluding tert-OH is 1. The second kappa shape index (κ2) is 8.55. The number of halogens is 2. The lowest BCUT2D eigenvalue weighted by atomic mass is 9.95. The summed E-state index contributed by atoms with van der Waals surface area (Å²) in [5.41, 5.74) is 1.26. The molecule has 0 unspecified atom stereocenters. The van der Waals surface area contributed by atoms with Gasteiger partial charge in [0.1, 0.15) is 17.3 Å². The zero-order valence-electron chi connectivity index (χ0n) is 17.7. The molecule has 9 heteroatoms. The van der Waals surface area contributed by atoms with Crippen LogP contribution in [0, 0.1) is 5.82 Å². The summed E-state index contributed by atoms with van der Waals surface area (Å²) < 4.78 is 19.4. The van der Waals surface area contributed by atoms with Crippen molar-refractivity contribution in [2.75, 3.05) is 12.0 Å². The van der Waals surface area contributed by atoms with Crippen LogP contribution in [0.1, 0.15) is 17.2 Å². The van der Waals surface area contributed by atoms with E-state index >= 15 is 0 Å². The van der Waals surface area contributed by atoms with E-state index in [0.29, 0.717) is 32.1 Å². The molecule has 1 aliphatic heterocycles. The monoisotopic (exact) mass is 494 g/mol. The first-order chi connectivity index (χ1) is 16.4. The van der Waals surface area contributed by atoms with Crippen LogP contribution in [0.15, 0.2) is 72.3 Å². The molecule has 1 aliphatic rings. The highest BCUT2D eigenvalue weighted by Crippen LogP contribution is 2.44. The maximum Gasteiger partial charge on any atom is 0.301 e. The van der Waals surface area contributed by atoms with E-state index in [4.69, 9.17) is 16.3 Å². The summed E-state index contributed by atoms with van der Waals surface area (Å²) in [7, 11) is 1.52. The predicted octanol–water partition coefficient (Wildman–Crippen LogP) is 5.72. The predicted molar refractivity (Wildman–Crippen MR) is 129 cm³/mol. The van der Waals surface area contributed by atoms with Crippen molar-refractivity contribution in [3.8, 4) is 5.75 Å². The van der Waals surface area contributed by atoms with E-state index in [2.05, 4.69) is 4.98 Å². The van der Waals surface area contributed by atoms with Crippen LogP contribution < -0.4 is 9.64 Å². The number of hydrogen-bond acceptors (Lipinski definition) is 6. The van der Waals surface area contributed by atoms with Gasteiger partial charge >= 0.3 is 5.91 Å². The molecule has 4 aromatic rings. The van der Waals surface area contributed by atoms with Crippen LogP contribution in [-0.4, -0.2) is 28.9 Å². The van der Waals surface area contributed by atoms with Gasteiger partial charge in [-0.05, 0) is 60.2 Å². The quantitative estimate of drug-likeness (QED) is 0.223. The number of methoxy groups -OCH3 is 1. The standard InChI is InChI=1S/C25H16ClFN2O4S/c1-33-17-8-5-13(6-9-17)22(30)20-21(14-3-2-4-15(26)11-14)29(24(32)23(20)31)25-28-18-10-7-16(27)12-19(18)34-25/h2-12,21,30H,1H3/b22-20+/t21-/m0/s1. The summed E-state index contributed by atoms with van der Waals surface area (Å²) in [4.78, 5) is 32.1. The number of amides is 1. The highest BCUT2D eigenvalue weighted by molar-refractivity contribution is 7.22. The summed E-state index contributed by atoms with van der Waals surface area (Å²) in [5.74, 6) is -1.90. The lowest BCUT2D eigenvalue weighted by Crippen LogP contribution is -2.29. The first kappa shape index (κ1) is 22.1. The van der Waals surface area contributed by atoms with Crippen LogP contribution in [0.4, 0.5) is 9.52 Å². The molecule has 0 radical (unpaired) electrons.